The molecule has 0 N–H and O–H groups in total. The van der Waals surface area contributed by atoms with E-state index in [4.69, 9.17) is 9.47 Å². The van der Waals surface area contributed by atoms with E-state index < -0.39 is 0 Å². The molecule has 0 saturated carbocycles. The fourth-order valence-corrected chi connectivity index (χ4v) is 5.06. The van der Waals surface area contributed by atoms with Crippen molar-refractivity contribution in [2.75, 3.05) is 33.4 Å². The number of hydrogen-bond acceptors (Lipinski definition) is 6. The summed E-state index contributed by atoms with van der Waals surface area (Å²) in [5, 5.41) is 9.88. The topological polar surface area (TPSA) is 69.5 Å². The summed E-state index contributed by atoms with van der Waals surface area (Å²) in [5.74, 6) is 2.29. The molecule has 36 heavy (non-hydrogen) atoms. The fourth-order valence-electron chi connectivity index (χ4n) is 4.15. The molecule has 0 aliphatic carbocycles. The van der Waals surface area contributed by atoms with Crippen molar-refractivity contribution < 1.29 is 14.3 Å². The van der Waals surface area contributed by atoms with Crippen molar-refractivity contribution in [2.45, 2.75) is 17.8 Å². The minimum Gasteiger partial charge on any atom is -0.497 e. The Labute approximate surface area is 215 Å². The van der Waals surface area contributed by atoms with E-state index >= 15 is 0 Å². The Balaban J connectivity index is 1.38. The van der Waals surface area contributed by atoms with Crippen LogP contribution in [0.4, 0.5) is 0 Å². The van der Waals surface area contributed by atoms with Gasteiger partial charge in [0, 0.05) is 35.7 Å². The Kier molecular flexibility index (Phi) is 7.34. The molecule has 4 aromatic rings. The molecule has 0 radical (unpaired) electrons. The second kappa shape index (κ2) is 11.0. The van der Waals surface area contributed by atoms with Crippen LogP contribution in [0.15, 0.2) is 78.0 Å². The average Bonchev–Trinajstić information content (AvgIpc) is 3.36. The van der Waals surface area contributed by atoms with Gasteiger partial charge in [0.25, 0.3) is 5.91 Å². The molecule has 0 unspecified atom stereocenters. The number of methoxy groups -OCH3 is 1. The van der Waals surface area contributed by atoms with E-state index in [-0.39, 0.29) is 5.91 Å². The van der Waals surface area contributed by atoms with Crippen molar-refractivity contribution in [1.29, 1.82) is 0 Å². The summed E-state index contributed by atoms with van der Waals surface area (Å²) in [6, 6.07) is 24.0. The van der Waals surface area contributed by atoms with Crippen LogP contribution in [0.25, 0.3) is 17.1 Å². The number of aryl methyl sites for hydroxylation is 1. The van der Waals surface area contributed by atoms with Crippen molar-refractivity contribution in [3.63, 3.8) is 0 Å². The van der Waals surface area contributed by atoms with Gasteiger partial charge in [-0.2, -0.15) is 0 Å². The summed E-state index contributed by atoms with van der Waals surface area (Å²) in [4.78, 5) is 14.6. The second-order valence-electron chi connectivity index (χ2n) is 8.60. The summed E-state index contributed by atoms with van der Waals surface area (Å²) in [7, 11) is 1.66. The number of thioether (sulfide) groups is 1. The lowest BCUT2D eigenvalue weighted by Gasteiger charge is -2.26. The number of amides is 1. The first-order valence-corrected chi connectivity index (χ1v) is 12.9. The number of carbonyl (C=O) groups is 1. The zero-order chi connectivity index (χ0) is 24.9. The van der Waals surface area contributed by atoms with Gasteiger partial charge in [0.05, 0.1) is 20.3 Å². The van der Waals surface area contributed by atoms with Crippen LogP contribution in [0.3, 0.4) is 0 Å². The minimum absolute atomic E-state index is 0.0552. The number of hydrogen-bond donors (Lipinski definition) is 0. The fraction of sp³-hybridized carbons (Fsp3) is 0.250. The standard InChI is InChI=1S/C28H28N4O3S/c1-20-5-3-7-24(17-20)32-26(23-6-4-8-25(18-23)34-2)29-30-28(32)36-19-21-9-11-22(12-10-21)27(33)31-13-15-35-16-14-31/h3-12,17-18H,13-16,19H2,1-2H3. The lowest BCUT2D eigenvalue weighted by molar-refractivity contribution is 0.0303. The summed E-state index contributed by atoms with van der Waals surface area (Å²) in [6.45, 7) is 4.55. The summed E-state index contributed by atoms with van der Waals surface area (Å²) >= 11 is 1.61. The normalized spacial score (nSPS) is 13.6. The van der Waals surface area contributed by atoms with Crippen LogP contribution in [-0.2, 0) is 10.5 Å². The van der Waals surface area contributed by atoms with E-state index in [2.05, 4.69) is 39.9 Å². The van der Waals surface area contributed by atoms with Crippen LogP contribution < -0.4 is 4.74 Å². The molecule has 184 valence electrons. The van der Waals surface area contributed by atoms with Gasteiger partial charge >= 0.3 is 0 Å². The lowest BCUT2D eigenvalue weighted by atomic mass is 10.1. The van der Waals surface area contributed by atoms with Gasteiger partial charge in [0.2, 0.25) is 0 Å². The monoisotopic (exact) mass is 500 g/mol. The van der Waals surface area contributed by atoms with E-state index in [0.717, 1.165) is 39.1 Å². The van der Waals surface area contributed by atoms with Gasteiger partial charge in [-0.05, 0) is 54.4 Å². The molecular weight excluding hydrogens is 472 g/mol. The molecule has 2 heterocycles. The predicted molar refractivity (Wildman–Crippen MR) is 141 cm³/mol. The third kappa shape index (κ3) is 5.29. The molecule has 0 spiro atoms. The maximum atomic E-state index is 12.7. The Hall–Kier alpha value is -3.62. The number of rotatable bonds is 7. The van der Waals surface area contributed by atoms with Crippen molar-refractivity contribution in [2.24, 2.45) is 0 Å². The number of ether oxygens (including phenoxy) is 2. The predicted octanol–water partition coefficient (Wildman–Crippen LogP) is 5.02. The number of nitrogens with zero attached hydrogens (tertiary/aromatic N) is 4. The molecule has 1 aliphatic rings. The Morgan fingerprint density at radius 2 is 1.78 bits per heavy atom. The highest BCUT2D eigenvalue weighted by molar-refractivity contribution is 7.98. The zero-order valence-corrected chi connectivity index (χ0v) is 21.2. The van der Waals surface area contributed by atoms with Gasteiger partial charge < -0.3 is 14.4 Å². The molecule has 0 bridgehead atoms. The van der Waals surface area contributed by atoms with Crippen LogP contribution in [0.1, 0.15) is 21.5 Å². The van der Waals surface area contributed by atoms with Crippen LogP contribution in [0.5, 0.6) is 5.75 Å². The van der Waals surface area contributed by atoms with Crippen molar-refractivity contribution >= 4 is 17.7 Å². The van der Waals surface area contributed by atoms with Gasteiger partial charge in [0.1, 0.15) is 5.75 Å². The highest BCUT2D eigenvalue weighted by Gasteiger charge is 2.19. The Bertz CT molecular complexity index is 1350. The molecule has 5 rings (SSSR count). The molecule has 8 heteroatoms. The van der Waals surface area contributed by atoms with Gasteiger partial charge in [-0.3, -0.25) is 9.36 Å². The summed E-state index contributed by atoms with van der Waals surface area (Å²) in [6.07, 6.45) is 0. The number of carbonyl (C=O) groups excluding carboxylic acids is 1. The maximum absolute atomic E-state index is 12.7. The van der Waals surface area contributed by atoms with Crippen molar-refractivity contribution in [1.82, 2.24) is 19.7 Å². The quantitative estimate of drug-likeness (QED) is 0.332. The lowest BCUT2D eigenvalue weighted by Crippen LogP contribution is -2.40. The first-order valence-electron chi connectivity index (χ1n) is 11.9. The smallest absolute Gasteiger partial charge is 0.254 e. The van der Waals surface area contributed by atoms with Crippen LogP contribution in [0, 0.1) is 6.92 Å². The molecule has 0 atom stereocenters. The maximum Gasteiger partial charge on any atom is 0.254 e. The molecule has 7 nitrogen and oxygen atoms in total. The molecule has 3 aromatic carbocycles. The molecular formula is C28H28N4O3S. The van der Waals surface area contributed by atoms with E-state index in [1.165, 1.54) is 0 Å². The highest BCUT2D eigenvalue weighted by atomic mass is 32.2. The molecule has 1 aromatic heterocycles. The van der Waals surface area contributed by atoms with Gasteiger partial charge in [0.15, 0.2) is 11.0 Å². The van der Waals surface area contributed by atoms with E-state index in [9.17, 15) is 4.79 Å². The largest absolute Gasteiger partial charge is 0.497 e. The van der Waals surface area contributed by atoms with E-state index in [0.29, 0.717) is 37.6 Å². The first-order chi connectivity index (χ1) is 17.6. The Morgan fingerprint density at radius 1 is 1.00 bits per heavy atom. The third-order valence-corrected chi connectivity index (χ3v) is 7.09. The molecule has 1 aliphatic heterocycles. The SMILES string of the molecule is COc1cccc(-c2nnc(SCc3ccc(C(=O)N4CCOCC4)cc3)n2-c2cccc(C)c2)c1. The molecule has 1 saturated heterocycles. The minimum atomic E-state index is 0.0552. The second-order valence-corrected chi connectivity index (χ2v) is 9.55. The van der Waals surface area contributed by atoms with Gasteiger partial charge in [-0.1, -0.05) is 48.2 Å². The van der Waals surface area contributed by atoms with E-state index in [1.807, 2.05) is 59.5 Å². The van der Waals surface area contributed by atoms with Crippen molar-refractivity contribution in [3.05, 3.63) is 89.5 Å². The van der Waals surface area contributed by atoms with Crippen LogP contribution in [-0.4, -0.2) is 59.0 Å². The van der Waals surface area contributed by atoms with Crippen LogP contribution >= 0.6 is 11.8 Å². The summed E-state index contributed by atoms with van der Waals surface area (Å²) in [5.41, 5.74) is 4.91. The van der Waals surface area contributed by atoms with E-state index in [1.54, 1.807) is 18.9 Å². The van der Waals surface area contributed by atoms with Crippen molar-refractivity contribution in [3.8, 4) is 22.8 Å². The molecule has 1 fully saturated rings. The van der Waals surface area contributed by atoms with Crippen LogP contribution in [0.2, 0.25) is 0 Å². The number of morpholine rings is 1. The third-order valence-electron chi connectivity index (χ3n) is 6.09. The summed E-state index contributed by atoms with van der Waals surface area (Å²) < 4.78 is 12.9. The van der Waals surface area contributed by atoms with Gasteiger partial charge in [-0.15, -0.1) is 10.2 Å². The average molecular weight is 501 g/mol. The first kappa shape index (κ1) is 24.1. The number of benzene rings is 3. The highest BCUT2D eigenvalue weighted by Crippen LogP contribution is 2.31. The number of aromatic nitrogens is 3. The molecule has 1 amide bonds. The van der Waals surface area contributed by atoms with Gasteiger partial charge in [-0.25, -0.2) is 0 Å². The zero-order valence-electron chi connectivity index (χ0n) is 20.4. The Morgan fingerprint density at radius 3 is 2.53 bits per heavy atom.